The van der Waals surface area contributed by atoms with E-state index in [2.05, 4.69) is 79.9 Å². The Morgan fingerprint density at radius 1 is 0.424 bits per heavy atom. The summed E-state index contributed by atoms with van der Waals surface area (Å²) in [6.45, 7) is 4.59. The van der Waals surface area contributed by atoms with Gasteiger partial charge in [0.05, 0.1) is 39.9 Å². The van der Waals surface area contributed by atoms with Gasteiger partial charge in [-0.05, 0) is 64.2 Å². The van der Waals surface area contributed by atoms with Crippen molar-refractivity contribution in [3.8, 4) is 0 Å². The number of likely N-dealkylation sites (N-methyl/N-ethyl adjacent to an activating group) is 1. The molecule has 0 rings (SSSR count). The number of aliphatic hydroxyl groups excluding tert-OH is 1. The molecular weight excluding hydrogens is 1070 g/mol. The Morgan fingerprint density at radius 2 is 0.718 bits per heavy atom. The van der Waals surface area contributed by atoms with E-state index in [1.807, 2.05) is 27.2 Å². The van der Waals surface area contributed by atoms with E-state index in [4.69, 9.17) is 9.05 Å². The highest BCUT2D eigenvalue weighted by Crippen LogP contribution is 2.38. The molecule has 0 aliphatic rings. The van der Waals surface area contributed by atoms with E-state index in [9.17, 15) is 19.4 Å². The predicted molar refractivity (Wildman–Crippen MR) is 371 cm³/mol. The Balaban J connectivity index is 3.99. The van der Waals surface area contributed by atoms with Gasteiger partial charge in [0.15, 0.2) is 0 Å². The number of phosphoric ester groups is 1. The molecule has 0 spiro atoms. The number of carbonyl (C=O) groups is 1. The molecular formula is C76H143N2O6P. The van der Waals surface area contributed by atoms with E-state index in [1.165, 1.54) is 263 Å². The molecule has 3 unspecified atom stereocenters. The van der Waals surface area contributed by atoms with Gasteiger partial charge in [-0.1, -0.05) is 356 Å². The lowest BCUT2D eigenvalue weighted by molar-refractivity contribution is -0.870. The normalized spacial score (nSPS) is 14.0. The highest BCUT2D eigenvalue weighted by Gasteiger charge is 2.23. The molecule has 0 aliphatic heterocycles. The van der Waals surface area contributed by atoms with Gasteiger partial charge in [-0.3, -0.25) is 9.36 Å². The highest BCUT2D eigenvalue weighted by atomic mass is 31.2. The van der Waals surface area contributed by atoms with Crippen LogP contribution in [0, 0.1) is 0 Å². The molecule has 0 heterocycles. The second kappa shape index (κ2) is 66.4. The van der Waals surface area contributed by atoms with Crippen molar-refractivity contribution in [2.45, 2.75) is 366 Å². The fraction of sp³-hybridized carbons (Fsp3) is 0.829. The van der Waals surface area contributed by atoms with Crippen LogP contribution in [0.15, 0.2) is 72.9 Å². The molecule has 9 heteroatoms. The van der Waals surface area contributed by atoms with E-state index < -0.39 is 20.0 Å². The van der Waals surface area contributed by atoms with Crippen molar-refractivity contribution in [2.75, 3.05) is 40.9 Å². The lowest BCUT2D eigenvalue weighted by Gasteiger charge is -2.29. The minimum absolute atomic E-state index is 0.000407. The van der Waals surface area contributed by atoms with Crippen molar-refractivity contribution >= 4 is 13.7 Å². The Bertz CT molecular complexity index is 1620. The molecule has 85 heavy (non-hydrogen) atoms. The largest absolute Gasteiger partial charge is 0.756 e. The van der Waals surface area contributed by atoms with Crippen molar-refractivity contribution in [2.24, 2.45) is 0 Å². The number of quaternary nitrogens is 1. The minimum atomic E-state index is -4.61. The number of rotatable bonds is 68. The van der Waals surface area contributed by atoms with E-state index in [-0.39, 0.29) is 19.1 Å². The maximum Gasteiger partial charge on any atom is 0.268 e. The Kier molecular flexibility index (Phi) is 64.8. The molecule has 0 aromatic rings. The molecule has 0 fully saturated rings. The molecule has 3 atom stereocenters. The van der Waals surface area contributed by atoms with Crippen molar-refractivity contribution < 1.29 is 32.9 Å². The number of nitrogens with zero attached hydrogens (tertiary/aromatic N) is 1. The van der Waals surface area contributed by atoms with Crippen LogP contribution in [0.2, 0.25) is 0 Å². The van der Waals surface area contributed by atoms with Gasteiger partial charge in [-0.15, -0.1) is 0 Å². The third-order valence-corrected chi connectivity index (χ3v) is 17.6. The minimum Gasteiger partial charge on any atom is -0.756 e. The third-order valence-electron chi connectivity index (χ3n) is 16.7. The van der Waals surface area contributed by atoms with Gasteiger partial charge < -0.3 is 28.8 Å². The van der Waals surface area contributed by atoms with Gasteiger partial charge in [0.25, 0.3) is 7.82 Å². The van der Waals surface area contributed by atoms with Crippen LogP contribution in [0.25, 0.3) is 0 Å². The number of hydrogen-bond donors (Lipinski definition) is 2. The van der Waals surface area contributed by atoms with Gasteiger partial charge in [-0.2, -0.15) is 0 Å². The Labute approximate surface area is 529 Å². The summed E-state index contributed by atoms with van der Waals surface area (Å²) in [6.07, 6.45) is 93.2. The third kappa shape index (κ3) is 69.3. The van der Waals surface area contributed by atoms with Gasteiger partial charge in [0.1, 0.15) is 13.2 Å². The number of hydrogen-bond acceptors (Lipinski definition) is 6. The first-order chi connectivity index (χ1) is 41.5. The molecule has 1 amide bonds. The zero-order valence-corrected chi connectivity index (χ0v) is 58.0. The quantitative estimate of drug-likeness (QED) is 0.0272. The summed E-state index contributed by atoms with van der Waals surface area (Å²) >= 11 is 0. The van der Waals surface area contributed by atoms with Gasteiger partial charge in [0.2, 0.25) is 5.91 Å². The van der Waals surface area contributed by atoms with Crippen LogP contribution in [-0.4, -0.2) is 68.5 Å². The van der Waals surface area contributed by atoms with Crippen molar-refractivity contribution in [3.63, 3.8) is 0 Å². The molecule has 0 aromatic heterocycles. The van der Waals surface area contributed by atoms with Crippen molar-refractivity contribution in [3.05, 3.63) is 72.9 Å². The second-order valence-corrected chi connectivity index (χ2v) is 27.7. The first-order valence-corrected chi connectivity index (χ1v) is 38.3. The topological polar surface area (TPSA) is 108 Å². The van der Waals surface area contributed by atoms with Crippen LogP contribution in [-0.2, 0) is 18.4 Å². The van der Waals surface area contributed by atoms with Crippen LogP contribution in [0.3, 0.4) is 0 Å². The smallest absolute Gasteiger partial charge is 0.268 e. The summed E-state index contributed by atoms with van der Waals surface area (Å²) in [7, 11) is 1.27. The number of unbranched alkanes of at least 4 members (excludes halogenated alkanes) is 45. The van der Waals surface area contributed by atoms with E-state index in [0.29, 0.717) is 17.4 Å². The molecule has 0 saturated heterocycles. The summed E-state index contributed by atoms with van der Waals surface area (Å²) in [4.78, 5) is 25.7. The number of amides is 1. The monoisotopic (exact) mass is 1210 g/mol. The lowest BCUT2D eigenvalue weighted by atomic mass is 10.0. The Morgan fingerprint density at radius 3 is 1.05 bits per heavy atom. The second-order valence-electron chi connectivity index (χ2n) is 26.3. The highest BCUT2D eigenvalue weighted by molar-refractivity contribution is 7.45. The fourth-order valence-electron chi connectivity index (χ4n) is 11.0. The number of carbonyl (C=O) groups excluding carboxylic acids is 1. The summed E-state index contributed by atoms with van der Waals surface area (Å²) in [5.74, 6) is -0.191. The maximum absolute atomic E-state index is 13.1. The maximum atomic E-state index is 13.1. The number of allylic oxidation sites excluding steroid dienone is 11. The van der Waals surface area contributed by atoms with E-state index in [0.717, 1.165) is 70.6 Å². The molecule has 2 N–H and O–H groups in total. The molecule has 0 radical (unpaired) electrons. The number of phosphoric acid groups is 1. The zero-order valence-electron chi connectivity index (χ0n) is 57.1. The number of aliphatic hydroxyl groups is 1. The van der Waals surface area contributed by atoms with Gasteiger partial charge in [-0.25, -0.2) is 0 Å². The van der Waals surface area contributed by atoms with Crippen LogP contribution in [0.1, 0.15) is 354 Å². The Hall–Kier alpha value is -2.06. The molecule has 0 saturated carbocycles. The summed E-state index contributed by atoms with van der Waals surface area (Å²) in [5.41, 5.74) is 0. The van der Waals surface area contributed by atoms with Crippen LogP contribution in [0.4, 0.5) is 0 Å². The van der Waals surface area contributed by atoms with Gasteiger partial charge >= 0.3 is 0 Å². The molecule has 8 nitrogen and oxygen atoms in total. The fourth-order valence-corrected chi connectivity index (χ4v) is 11.7. The van der Waals surface area contributed by atoms with Crippen molar-refractivity contribution in [1.29, 1.82) is 0 Å². The van der Waals surface area contributed by atoms with Crippen molar-refractivity contribution in [1.82, 2.24) is 5.32 Å². The summed E-state index contributed by atoms with van der Waals surface area (Å²) in [6, 6.07) is -0.889. The zero-order chi connectivity index (χ0) is 61.9. The number of nitrogens with one attached hydrogen (secondary N) is 1. The SMILES string of the molecule is CC/C=C\C/C=C\C/C=C\C/C=C\C/C=C\CCCCCCCCCCCCCCCCCCCCCCCC(=O)NC(COP(=O)([O-])OCC[N+](C)(C)C)C(O)/C=C/CCCCCCCCCCCCCCCCCCCCCCCCCC. The van der Waals surface area contributed by atoms with Gasteiger partial charge in [0, 0.05) is 6.42 Å². The van der Waals surface area contributed by atoms with Crippen LogP contribution in [0.5, 0.6) is 0 Å². The molecule has 0 bridgehead atoms. The first-order valence-electron chi connectivity index (χ1n) is 36.8. The molecule has 498 valence electrons. The summed E-state index contributed by atoms with van der Waals surface area (Å²) in [5, 5.41) is 14.0. The standard InChI is InChI=1S/C76H143N2O6P/c1-6-8-10-12-14-16-18-20-22-24-26-28-30-32-34-35-36-37-38-39-40-41-42-43-44-46-48-50-52-54-56-58-60-62-64-66-68-70-76(80)77-74(73-84-85(81,82)83-72-71-78(3,4)5)75(79)69-67-65-63-61-59-57-55-53-51-49-47-45-33-31-29-27-25-23-21-19-17-15-13-11-9-7-2/h8,10,14,16,20,22,26,28,32,34,67,69,74-75,79H,6-7,9,11-13,15,17-19,21,23-25,27,29-31,33,35-66,68,70-73H2,1-5H3,(H-,77,80,81,82)/b10-8-,16-14-,22-20-,28-26-,34-32-,69-67+. The van der Waals surface area contributed by atoms with E-state index >= 15 is 0 Å². The first kappa shape index (κ1) is 82.9. The average Bonchev–Trinajstić information content (AvgIpc) is 3.49. The summed E-state index contributed by atoms with van der Waals surface area (Å²) < 4.78 is 23.5. The van der Waals surface area contributed by atoms with Crippen LogP contribution < -0.4 is 10.2 Å². The predicted octanol–water partition coefficient (Wildman–Crippen LogP) is 23.1. The average molecular weight is 1210 g/mol. The van der Waals surface area contributed by atoms with E-state index in [1.54, 1.807) is 6.08 Å². The lowest BCUT2D eigenvalue weighted by Crippen LogP contribution is -2.45. The molecule has 0 aliphatic carbocycles. The molecule has 0 aromatic carbocycles. The van der Waals surface area contributed by atoms with Crippen LogP contribution >= 0.6 is 7.82 Å².